The van der Waals surface area contributed by atoms with E-state index in [4.69, 9.17) is 0 Å². The van der Waals surface area contributed by atoms with Gasteiger partial charge in [0, 0.05) is 17.1 Å². The van der Waals surface area contributed by atoms with Crippen LogP contribution >= 0.6 is 11.3 Å². The fourth-order valence-electron chi connectivity index (χ4n) is 3.33. The van der Waals surface area contributed by atoms with Gasteiger partial charge in [-0.1, -0.05) is 12.1 Å². The van der Waals surface area contributed by atoms with Crippen LogP contribution in [0.1, 0.15) is 23.3 Å². The normalized spacial score (nSPS) is 13.6. The summed E-state index contributed by atoms with van der Waals surface area (Å²) >= 11 is 1.60. The van der Waals surface area contributed by atoms with Crippen LogP contribution in [0.5, 0.6) is 0 Å². The number of rotatable bonds is 4. The number of hydrogen-bond acceptors (Lipinski definition) is 4. The second-order valence-corrected chi connectivity index (χ2v) is 7.25. The largest absolute Gasteiger partial charge is 0.325 e. The third-order valence-electron chi connectivity index (χ3n) is 4.47. The summed E-state index contributed by atoms with van der Waals surface area (Å²) in [5, 5.41) is 3.82. The number of hydrogen-bond donors (Lipinski definition) is 1. The number of nitrogens with one attached hydrogen (secondary N) is 1. The molecule has 2 heterocycles. The number of aryl methyl sites for hydroxylation is 2. The fraction of sp³-hybridized carbons (Fsp3) is 0.263. The molecule has 0 saturated carbocycles. The van der Waals surface area contributed by atoms with Crippen LogP contribution in [-0.4, -0.2) is 9.55 Å². The van der Waals surface area contributed by atoms with Crippen molar-refractivity contribution >= 4 is 33.2 Å². The molecule has 0 bridgehead atoms. The van der Waals surface area contributed by atoms with E-state index in [1.54, 1.807) is 34.1 Å². The number of benzene rings is 1. The highest BCUT2D eigenvalue weighted by Gasteiger charge is 2.21. The molecule has 4 rings (SSSR count). The Morgan fingerprint density at radius 1 is 1.36 bits per heavy atom. The van der Waals surface area contributed by atoms with Crippen LogP contribution in [0.15, 0.2) is 41.7 Å². The first kappa shape index (κ1) is 16.0. The van der Waals surface area contributed by atoms with E-state index in [1.165, 1.54) is 22.6 Å². The molecule has 0 fully saturated rings. The molecule has 0 radical (unpaired) electrons. The lowest BCUT2D eigenvalue weighted by Crippen LogP contribution is -2.24. The van der Waals surface area contributed by atoms with Crippen LogP contribution in [0, 0.1) is 5.82 Å². The predicted molar refractivity (Wildman–Crippen MR) is 100 cm³/mol. The molecule has 1 N–H and O–H groups in total. The minimum Gasteiger partial charge on any atom is -0.325 e. The number of aromatic nitrogens is 2. The van der Waals surface area contributed by atoms with Crippen molar-refractivity contribution < 1.29 is 4.39 Å². The summed E-state index contributed by atoms with van der Waals surface area (Å²) in [5.41, 5.74) is 1.67. The zero-order chi connectivity index (χ0) is 17.4. The Morgan fingerprint density at radius 3 is 3.00 bits per heavy atom. The maximum Gasteiger partial charge on any atom is 0.264 e. The lowest BCUT2D eigenvalue weighted by Gasteiger charge is -2.13. The van der Waals surface area contributed by atoms with Gasteiger partial charge in [0.1, 0.15) is 10.6 Å². The van der Waals surface area contributed by atoms with Crippen LogP contribution in [0.3, 0.4) is 0 Å². The molecule has 0 spiro atoms. The molecule has 0 amide bonds. The first-order valence-electron chi connectivity index (χ1n) is 8.36. The zero-order valence-electron chi connectivity index (χ0n) is 13.7. The average Bonchev–Trinajstić information content (AvgIpc) is 2.96. The SMILES string of the molecule is C=CCn1c(Nc2cccc(F)c2)nc2sc3c(c2c1=O)CCCC3. The third-order valence-corrected chi connectivity index (χ3v) is 5.65. The smallest absolute Gasteiger partial charge is 0.264 e. The fourth-order valence-corrected chi connectivity index (χ4v) is 4.58. The van der Waals surface area contributed by atoms with E-state index in [2.05, 4.69) is 16.9 Å². The van der Waals surface area contributed by atoms with Crippen molar-refractivity contribution in [3.05, 3.63) is 63.5 Å². The minimum absolute atomic E-state index is 0.0526. The van der Waals surface area contributed by atoms with Crippen LogP contribution in [0.2, 0.25) is 0 Å². The maximum absolute atomic E-state index is 13.5. The van der Waals surface area contributed by atoms with Crippen LogP contribution in [0.4, 0.5) is 16.0 Å². The van der Waals surface area contributed by atoms with E-state index in [1.807, 2.05) is 0 Å². The van der Waals surface area contributed by atoms with Crippen molar-refractivity contribution in [3.8, 4) is 0 Å². The molecule has 0 atom stereocenters. The summed E-state index contributed by atoms with van der Waals surface area (Å²) in [5.74, 6) is 0.0804. The molecular weight excluding hydrogens is 337 g/mol. The number of thiophene rings is 1. The zero-order valence-corrected chi connectivity index (χ0v) is 14.5. The molecule has 1 aliphatic carbocycles. The van der Waals surface area contributed by atoms with Crippen molar-refractivity contribution in [1.29, 1.82) is 0 Å². The second kappa shape index (κ2) is 6.44. The van der Waals surface area contributed by atoms with Gasteiger partial charge in [0.15, 0.2) is 0 Å². The Hall–Kier alpha value is -2.47. The first-order chi connectivity index (χ1) is 12.2. The molecule has 6 heteroatoms. The topological polar surface area (TPSA) is 46.9 Å². The lowest BCUT2D eigenvalue weighted by molar-refractivity contribution is 0.628. The summed E-state index contributed by atoms with van der Waals surface area (Å²) in [6.45, 7) is 4.09. The van der Waals surface area contributed by atoms with Gasteiger partial charge in [-0.2, -0.15) is 0 Å². The van der Waals surface area contributed by atoms with Crippen molar-refractivity contribution in [2.45, 2.75) is 32.2 Å². The molecule has 0 unspecified atom stereocenters. The van der Waals surface area contributed by atoms with E-state index in [0.29, 0.717) is 18.2 Å². The molecule has 3 aromatic rings. The Labute approximate surface area is 148 Å². The quantitative estimate of drug-likeness (QED) is 0.706. The Kier molecular flexibility index (Phi) is 4.13. The second-order valence-electron chi connectivity index (χ2n) is 6.17. The highest BCUT2D eigenvalue weighted by Crippen LogP contribution is 2.34. The molecule has 25 heavy (non-hydrogen) atoms. The monoisotopic (exact) mass is 355 g/mol. The van der Waals surface area contributed by atoms with Gasteiger partial charge in [-0.3, -0.25) is 9.36 Å². The average molecular weight is 355 g/mol. The number of fused-ring (bicyclic) bond motifs is 3. The van der Waals surface area contributed by atoms with Crippen molar-refractivity contribution in [2.24, 2.45) is 0 Å². The summed E-state index contributed by atoms with van der Waals surface area (Å²) in [4.78, 5) is 19.8. The summed E-state index contributed by atoms with van der Waals surface area (Å²) in [6.07, 6.45) is 5.91. The van der Waals surface area contributed by atoms with Crippen LogP contribution in [-0.2, 0) is 19.4 Å². The molecule has 4 nitrogen and oxygen atoms in total. The highest BCUT2D eigenvalue weighted by molar-refractivity contribution is 7.18. The van der Waals surface area contributed by atoms with Gasteiger partial charge < -0.3 is 5.32 Å². The number of nitrogens with zero attached hydrogens (tertiary/aromatic N) is 2. The van der Waals surface area contributed by atoms with Gasteiger partial charge in [0.25, 0.3) is 5.56 Å². The van der Waals surface area contributed by atoms with Gasteiger partial charge in [0.05, 0.1) is 5.39 Å². The summed E-state index contributed by atoms with van der Waals surface area (Å²) in [6, 6.07) is 6.13. The van der Waals surface area contributed by atoms with Crippen molar-refractivity contribution in [1.82, 2.24) is 9.55 Å². The predicted octanol–water partition coefficient (Wildman–Crippen LogP) is 4.41. The maximum atomic E-state index is 13.5. The molecule has 128 valence electrons. The lowest BCUT2D eigenvalue weighted by atomic mass is 9.97. The Balaban J connectivity index is 1.89. The number of halogens is 1. The molecular formula is C19H18FN3OS. The van der Waals surface area contributed by atoms with Gasteiger partial charge in [-0.05, 0) is 49.4 Å². The molecule has 2 aromatic heterocycles. The molecule has 1 aliphatic rings. The Bertz CT molecular complexity index is 1020. The van der Waals surface area contributed by atoms with E-state index < -0.39 is 0 Å². The van der Waals surface area contributed by atoms with Gasteiger partial charge in [-0.25, -0.2) is 9.37 Å². The summed E-state index contributed by atoms with van der Waals surface area (Å²) < 4.78 is 15.0. The molecule has 0 aliphatic heterocycles. The van der Waals surface area contributed by atoms with Crippen LogP contribution in [0.25, 0.3) is 10.2 Å². The van der Waals surface area contributed by atoms with E-state index in [-0.39, 0.29) is 11.4 Å². The number of anilines is 2. The van der Waals surface area contributed by atoms with Gasteiger partial charge >= 0.3 is 0 Å². The minimum atomic E-state index is -0.338. The van der Waals surface area contributed by atoms with Crippen molar-refractivity contribution in [2.75, 3.05) is 5.32 Å². The molecule has 1 aromatic carbocycles. The van der Waals surface area contributed by atoms with Crippen molar-refractivity contribution in [3.63, 3.8) is 0 Å². The number of allylic oxidation sites excluding steroid dienone is 1. The van der Waals surface area contributed by atoms with Gasteiger partial charge in [-0.15, -0.1) is 17.9 Å². The van der Waals surface area contributed by atoms with Crippen LogP contribution < -0.4 is 10.9 Å². The first-order valence-corrected chi connectivity index (χ1v) is 9.17. The standard InChI is InChI=1S/C19H18FN3OS/c1-2-10-23-18(24)16-14-8-3-4-9-15(14)25-17(16)22-19(23)21-13-7-5-6-12(20)11-13/h2,5-7,11H,1,3-4,8-10H2,(H,21,22). The Morgan fingerprint density at radius 2 is 2.20 bits per heavy atom. The highest BCUT2D eigenvalue weighted by atomic mass is 32.1. The summed E-state index contributed by atoms with van der Waals surface area (Å²) in [7, 11) is 0. The van der Waals surface area contributed by atoms with E-state index in [0.717, 1.165) is 35.9 Å². The molecule has 0 saturated heterocycles. The van der Waals surface area contributed by atoms with Gasteiger partial charge in [0.2, 0.25) is 5.95 Å². The third kappa shape index (κ3) is 2.87. The van der Waals surface area contributed by atoms with E-state index >= 15 is 0 Å². The van der Waals surface area contributed by atoms with E-state index in [9.17, 15) is 9.18 Å².